The maximum absolute atomic E-state index is 12.7. The van der Waals surface area contributed by atoms with Gasteiger partial charge in [-0.25, -0.2) is 0 Å². The Kier molecular flexibility index (Phi) is 12.2. The van der Waals surface area contributed by atoms with Gasteiger partial charge in [0.25, 0.3) is 0 Å². The summed E-state index contributed by atoms with van der Waals surface area (Å²) in [5.74, 6) is -0.571. The maximum Gasteiger partial charge on any atom is 0.303 e. The van der Waals surface area contributed by atoms with Crippen LogP contribution in [0.2, 0.25) is 0 Å². The summed E-state index contributed by atoms with van der Waals surface area (Å²) in [4.78, 5) is 36.2. The Balaban J connectivity index is 1.25. The van der Waals surface area contributed by atoms with Crippen molar-refractivity contribution in [2.75, 3.05) is 12.3 Å². The van der Waals surface area contributed by atoms with E-state index in [9.17, 15) is 19.5 Å². The Morgan fingerprint density at radius 3 is 2.54 bits per heavy atom. The molecule has 0 aromatic heterocycles. The lowest BCUT2D eigenvalue weighted by Crippen LogP contribution is -2.50. The van der Waals surface area contributed by atoms with E-state index in [4.69, 9.17) is 24.7 Å². The summed E-state index contributed by atoms with van der Waals surface area (Å²) in [6, 6.07) is 7.22. The summed E-state index contributed by atoms with van der Waals surface area (Å²) in [6.45, 7) is 9.92. The number of amides is 2. The molecule has 3 aliphatic heterocycles. The zero-order chi connectivity index (χ0) is 33.4. The summed E-state index contributed by atoms with van der Waals surface area (Å²) in [5.41, 5.74) is 7.69. The van der Waals surface area contributed by atoms with Gasteiger partial charge in [-0.05, 0) is 63.3 Å². The zero-order valence-corrected chi connectivity index (χ0v) is 27.4. The van der Waals surface area contributed by atoms with Crippen LogP contribution in [-0.2, 0) is 39.9 Å². The molecule has 3 aliphatic rings. The molecule has 0 bridgehead atoms. The van der Waals surface area contributed by atoms with Gasteiger partial charge in [0.05, 0.1) is 37.4 Å². The smallest absolute Gasteiger partial charge is 0.303 e. The predicted octanol–water partition coefficient (Wildman–Crippen LogP) is 3.26. The Bertz CT molecular complexity index is 1310. The molecule has 3 saturated heterocycles. The Morgan fingerprint density at radius 2 is 1.87 bits per heavy atom. The van der Waals surface area contributed by atoms with E-state index < -0.39 is 29.9 Å². The number of ether oxygens (including phenoxy) is 4. The second-order valence-electron chi connectivity index (χ2n) is 12.9. The van der Waals surface area contributed by atoms with Crippen LogP contribution < -0.4 is 16.4 Å². The molecule has 5 N–H and O–H groups in total. The first-order chi connectivity index (χ1) is 21.8. The van der Waals surface area contributed by atoms with Crippen molar-refractivity contribution in [1.82, 2.24) is 10.6 Å². The van der Waals surface area contributed by atoms with E-state index in [1.165, 1.54) is 13.0 Å². The van der Waals surface area contributed by atoms with Crippen molar-refractivity contribution < 1.29 is 38.4 Å². The van der Waals surface area contributed by atoms with E-state index in [0.717, 1.165) is 17.6 Å². The second kappa shape index (κ2) is 15.9. The first-order valence-electron chi connectivity index (χ1n) is 16.1. The molecule has 9 atom stereocenters. The maximum atomic E-state index is 12.7. The van der Waals surface area contributed by atoms with Gasteiger partial charge in [-0.1, -0.05) is 42.9 Å². The fourth-order valence-electron chi connectivity index (χ4n) is 6.00. The van der Waals surface area contributed by atoms with E-state index in [1.54, 1.807) is 25.1 Å². The lowest BCUT2D eigenvalue weighted by molar-refractivity contribution is -0.145. The van der Waals surface area contributed by atoms with Crippen LogP contribution in [0, 0.1) is 5.92 Å². The van der Waals surface area contributed by atoms with Gasteiger partial charge in [0.15, 0.2) is 0 Å². The number of carbonyl (C=O) groups excluding carboxylic acids is 3. The van der Waals surface area contributed by atoms with Crippen LogP contribution in [0.3, 0.4) is 0 Å². The van der Waals surface area contributed by atoms with E-state index in [-0.39, 0.29) is 48.5 Å². The van der Waals surface area contributed by atoms with Crippen molar-refractivity contribution in [3.8, 4) is 0 Å². The van der Waals surface area contributed by atoms with Crippen LogP contribution in [0.15, 0.2) is 60.2 Å². The highest BCUT2D eigenvalue weighted by molar-refractivity contribution is 5.87. The number of epoxide rings is 1. The number of esters is 1. The number of aliphatic hydroxyl groups is 1. The van der Waals surface area contributed by atoms with E-state index in [1.807, 2.05) is 38.1 Å². The van der Waals surface area contributed by atoms with Crippen LogP contribution in [0.5, 0.6) is 0 Å². The van der Waals surface area contributed by atoms with Crippen LogP contribution >= 0.6 is 0 Å². The number of anilines is 1. The minimum atomic E-state index is -0.819. The normalized spacial score (nSPS) is 32.0. The SMILES string of the molecule is CC(=O)OC(C)C=CC(=O)NC1CC(C)C(CC=C(C)C=CC2OC(CC(=O)NCc3ccc(N)cc3)CC3(CO3)C2O)OC1C. The Morgan fingerprint density at radius 1 is 1.15 bits per heavy atom. The van der Waals surface area contributed by atoms with E-state index >= 15 is 0 Å². The monoisotopic (exact) mass is 639 g/mol. The molecular formula is C35H49N3O8. The number of benzene rings is 1. The number of hydrogen-bond donors (Lipinski definition) is 4. The summed E-state index contributed by atoms with van der Waals surface area (Å²) in [6.07, 6.45) is 8.44. The molecule has 9 unspecified atom stereocenters. The highest BCUT2D eigenvalue weighted by Gasteiger charge is 2.58. The standard InChI is InChI=1S/C35H49N3O8/c1-21(6-13-30-22(2)16-29(24(4)45-30)38-32(40)15-8-23(3)44-25(5)39)7-14-31-34(42)35(20-43-35)18-28(46-31)17-33(41)37-19-26-9-11-27(36)12-10-26/h6-12,14-15,22-24,28-31,34,42H,13,16-20,36H2,1-5H3,(H,37,41)(H,38,40). The lowest BCUT2D eigenvalue weighted by atomic mass is 9.87. The van der Waals surface area contributed by atoms with Gasteiger partial charge in [-0.3, -0.25) is 14.4 Å². The number of nitrogen functional groups attached to an aromatic ring is 1. The average molecular weight is 640 g/mol. The van der Waals surface area contributed by atoms with E-state index in [0.29, 0.717) is 31.7 Å². The van der Waals surface area contributed by atoms with Gasteiger partial charge in [-0.15, -0.1) is 0 Å². The molecule has 4 rings (SSSR count). The fourth-order valence-corrected chi connectivity index (χ4v) is 6.00. The molecule has 11 heteroatoms. The third kappa shape index (κ3) is 10.2. The number of rotatable bonds is 12. The molecule has 0 radical (unpaired) electrons. The van der Waals surface area contributed by atoms with Crippen LogP contribution in [0.4, 0.5) is 5.69 Å². The van der Waals surface area contributed by atoms with Crippen molar-refractivity contribution in [3.05, 3.63) is 65.8 Å². The van der Waals surface area contributed by atoms with Crippen LogP contribution in [-0.4, -0.2) is 77.8 Å². The molecule has 2 amide bonds. The molecule has 3 fully saturated rings. The molecular weight excluding hydrogens is 590 g/mol. The minimum absolute atomic E-state index is 0.0122. The largest absolute Gasteiger partial charge is 0.459 e. The quantitative estimate of drug-likeness (QED) is 0.0885. The van der Waals surface area contributed by atoms with Crippen molar-refractivity contribution in [2.45, 2.75) is 115 Å². The molecule has 3 heterocycles. The van der Waals surface area contributed by atoms with Gasteiger partial charge >= 0.3 is 5.97 Å². The highest BCUT2D eigenvalue weighted by Crippen LogP contribution is 2.43. The minimum Gasteiger partial charge on any atom is -0.459 e. The third-order valence-corrected chi connectivity index (χ3v) is 8.81. The first-order valence-corrected chi connectivity index (χ1v) is 16.1. The second-order valence-corrected chi connectivity index (χ2v) is 12.9. The summed E-state index contributed by atoms with van der Waals surface area (Å²) >= 11 is 0. The topological polar surface area (TPSA) is 162 Å². The van der Waals surface area contributed by atoms with Crippen molar-refractivity contribution in [1.29, 1.82) is 0 Å². The average Bonchev–Trinajstić information content (AvgIpc) is 3.77. The third-order valence-electron chi connectivity index (χ3n) is 8.81. The Labute approximate surface area is 271 Å². The first kappa shape index (κ1) is 35.3. The van der Waals surface area contributed by atoms with Gasteiger partial charge in [0, 0.05) is 31.7 Å². The number of nitrogens with one attached hydrogen (secondary N) is 2. The van der Waals surface area contributed by atoms with Crippen molar-refractivity contribution in [2.24, 2.45) is 5.92 Å². The van der Waals surface area contributed by atoms with Crippen molar-refractivity contribution >= 4 is 23.5 Å². The summed E-state index contributed by atoms with van der Waals surface area (Å²) in [5, 5.41) is 16.9. The molecule has 1 aromatic carbocycles. The molecule has 0 saturated carbocycles. The van der Waals surface area contributed by atoms with Crippen LogP contribution in [0.1, 0.15) is 65.9 Å². The lowest BCUT2D eigenvalue weighted by Gasteiger charge is -2.39. The fraction of sp³-hybridized carbons (Fsp3) is 0.571. The van der Waals surface area contributed by atoms with Gasteiger partial charge in [0.2, 0.25) is 11.8 Å². The predicted molar refractivity (Wildman–Crippen MR) is 173 cm³/mol. The number of allylic oxidation sites excluding steroid dienone is 2. The molecule has 1 aromatic rings. The molecule has 0 aliphatic carbocycles. The molecule has 1 spiro atoms. The van der Waals surface area contributed by atoms with Crippen LogP contribution in [0.25, 0.3) is 0 Å². The molecule has 11 nitrogen and oxygen atoms in total. The highest BCUT2D eigenvalue weighted by atomic mass is 16.6. The molecule has 46 heavy (non-hydrogen) atoms. The number of hydrogen-bond acceptors (Lipinski definition) is 9. The number of carbonyl (C=O) groups is 3. The van der Waals surface area contributed by atoms with Crippen molar-refractivity contribution in [3.63, 3.8) is 0 Å². The Hall–Kier alpha value is -3.51. The van der Waals surface area contributed by atoms with E-state index in [2.05, 4.69) is 23.6 Å². The number of aliphatic hydroxyl groups excluding tert-OH is 1. The van der Waals surface area contributed by atoms with Gasteiger partial charge in [0.1, 0.15) is 23.9 Å². The summed E-state index contributed by atoms with van der Waals surface area (Å²) in [7, 11) is 0. The van der Waals surface area contributed by atoms with Gasteiger partial charge in [-0.2, -0.15) is 0 Å². The number of nitrogens with two attached hydrogens (primary N) is 1. The summed E-state index contributed by atoms with van der Waals surface area (Å²) < 4.78 is 23.2. The molecule has 252 valence electrons. The zero-order valence-electron chi connectivity index (χ0n) is 27.4. The van der Waals surface area contributed by atoms with Gasteiger partial charge < -0.3 is 40.4 Å².